The number of amides is 1. The van der Waals surface area contributed by atoms with Crippen LogP contribution in [0, 0.1) is 11.7 Å². The van der Waals surface area contributed by atoms with Crippen molar-refractivity contribution < 1.29 is 19.1 Å². The van der Waals surface area contributed by atoms with Gasteiger partial charge in [0.25, 0.3) is 0 Å². The minimum atomic E-state index is -0.782. The van der Waals surface area contributed by atoms with E-state index in [0.29, 0.717) is 25.9 Å². The highest BCUT2D eigenvalue weighted by molar-refractivity contribution is 5.89. The number of rotatable bonds is 3. The molecule has 0 unspecified atom stereocenters. The predicted octanol–water partition coefficient (Wildman–Crippen LogP) is 2.57. The van der Waals surface area contributed by atoms with Crippen molar-refractivity contribution >= 4 is 11.9 Å². The van der Waals surface area contributed by atoms with Crippen LogP contribution in [0.3, 0.4) is 0 Å². The summed E-state index contributed by atoms with van der Waals surface area (Å²) >= 11 is 0. The van der Waals surface area contributed by atoms with Gasteiger partial charge in [0, 0.05) is 13.1 Å². The van der Waals surface area contributed by atoms with Crippen molar-refractivity contribution in [2.75, 3.05) is 13.1 Å². The monoisotopic (exact) mass is 305 g/mol. The maximum atomic E-state index is 13.5. The van der Waals surface area contributed by atoms with Gasteiger partial charge in [0.05, 0.1) is 11.3 Å². The molecule has 4 nitrogen and oxygen atoms in total. The van der Waals surface area contributed by atoms with Crippen LogP contribution in [0.2, 0.25) is 0 Å². The van der Waals surface area contributed by atoms with Crippen LogP contribution in [0.5, 0.6) is 0 Å². The molecule has 0 aromatic heterocycles. The van der Waals surface area contributed by atoms with Crippen molar-refractivity contribution in [1.82, 2.24) is 4.90 Å². The molecule has 0 bridgehead atoms. The fourth-order valence-corrected chi connectivity index (χ4v) is 3.57. The number of piperidine rings is 1. The van der Waals surface area contributed by atoms with Gasteiger partial charge in [-0.1, -0.05) is 18.6 Å². The molecule has 3 rings (SSSR count). The Labute approximate surface area is 128 Å². The molecule has 1 N–H and O–H groups in total. The highest BCUT2D eigenvalue weighted by Gasteiger charge is 2.48. The summed E-state index contributed by atoms with van der Waals surface area (Å²) in [5.41, 5.74) is 0.155. The van der Waals surface area contributed by atoms with E-state index in [1.807, 2.05) is 6.07 Å². The van der Waals surface area contributed by atoms with Gasteiger partial charge >= 0.3 is 5.97 Å². The third-order valence-electron chi connectivity index (χ3n) is 5.13. The topological polar surface area (TPSA) is 57.6 Å². The maximum absolute atomic E-state index is 13.5. The summed E-state index contributed by atoms with van der Waals surface area (Å²) < 4.78 is 13.5. The lowest BCUT2D eigenvalue weighted by Crippen LogP contribution is -2.53. The van der Waals surface area contributed by atoms with E-state index in [0.717, 1.165) is 24.8 Å². The number of carboxylic acids is 1. The lowest BCUT2D eigenvalue weighted by atomic mass is 9.63. The van der Waals surface area contributed by atoms with Crippen LogP contribution in [0.4, 0.5) is 4.39 Å². The summed E-state index contributed by atoms with van der Waals surface area (Å²) in [7, 11) is 0. The molecule has 1 saturated carbocycles. The molecule has 5 heteroatoms. The Morgan fingerprint density at radius 1 is 1.23 bits per heavy atom. The Kier molecular flexibility index (Phi) is 3.89. The van der Waals surface area contributed by atoms with E-state index in [-0.39, 0.29) is 17.6 Å². The zero-order valence-electron chi connectivity index (χ0n) is 12.4. The van der Waals surface area contributed by atoms with Crippen LogP contribution in [-0.4, -0.2) is 35.0 Å². The number of halogens is 1. The summed E-state index contributed by atoms with van der Waals surface area (Å²) in [5, 5.41) is 9.04. The second-order valence-corrected chi connectivity index (χ2v) is 6.35. The number of hydrogen-bond acceptors (Lipinski definition) is 2. The Morgan fingerprint density at radius 3 is 2.41 bits per heavy atom. The number of aliphatic carboxylic acids is 1. The molecule has 0 radical (unpaired) electrons. The molecule has 1 aliphatic carbocycles. The molecule has 118 valence electrons. The van der Waals surface area contributed by atoms with Gasteiger partial charge in [0.1, 0.15) is 5.82 Å². The van der Waals surface area contributed by atoms with Gasteiger partial charge in [-0.25, -0.2) is 4.39 Å². The first-order valence-electron chi connectivity index (χ1n) is 7.81. The number of carbonyl (C=O) groups is 2. The molecule has 1 aliphatic heterocycles. The molecule has 1 amide bonds. The van der Waals surface area contributed by atoms with Crippen molar-refractivity contribution in [2.24, 2.45) is 5.92 Å². The molecule has 22 heavy (non-hydrogen) atoms. The van der Waals surface area contributed by atoms with Gasteiger partial charge in [-0.3, -0.25) is 9.59 Å². The number of carboxylic acid groups (broad SMARTS) is 1. The number of benzene rings is 1. The third-order valence-corrected chi connectivity index (χ3v) is 5.13. The predicted molar refractivity (Wildman–Crippen MR) is 78.9 cm³/mol. The van der Waals surface area contributed by atoms with Crippen molar-refractivity contribution in [3.63, 3.8) is 0 Å². The Hall–Kier alpha value is -1.91. The van der Waals surface area contributed by atoms with E-state index in [9.17, 15) is 14.0 Å². The highest BCUT2D eigenvalue weighted by atomic mass is 19.1. The SMILES string of the molecule is O=C(O)C1CCN(C(=O)C2(c3cccc(F)c3)CCC2)CC1. The van der Waals surface area contributed by atoms with Gasteiger partial charge in [0.15, 0.2) is 0 Å². The van der Waals surface area contributed by atoms with E-state index < -0.39 is 11.4 Å². The highest BCUT2D eigenvalue weighted by Crippen LogP contribution is 2.45. The number of carbonyl (C=O) groups excluding carboxylic acids is 1. The van der Waals surface area contributed by atoms with Crippen LogP contribution in [-0.2, 0) is 15.0 Å². The smallest absolute Gasteiger partial charge is 0.306 e. The zero-order valence-corrected chi connectivity index (χ0v) is 12.4. The number of likely N-dealkylation sites (tertiary alicyclic amines) is 1. The minimum absolute atomic E-state index is 0.0354. The van der Waals surface area contributed by atoms with Gasteiger partial charge in [-0.2, -0.15) is 0 Å². The van der Waals surface area contributed by atoms with Crippen molar-refractivity contribution in [2.45, 2.75) is 37.5 Å². The first kappa shape index (κ1) is 15.0. The summed E-state index contributed by atoms with van der Waals surface area (Å²) in [6, 6.07) is 6.32. The summed E-state index contributed by atoms with van der Waals surface area (Å²) in [4.78, 5) is 25.7. The molecule has 0 atom stereocenters. The average Bonchev–Trinajstić information content (AvgIpc) is 2.46. The lowest BCUT2D eigenvalue weighted by Gasteiger charge is -2.45. The van der Waals surface area contributed by atoms with Crippen molar-refractivity contribution in [3.8, 4) is 0 Å². The maximum Gasteiger partial charge on any atom is 0.306 e. The van der Waals surface area contributed by atoms with Crippen LogP contribution >= 0.6 is 0 Å². The third kappa shape index (κ3) is 2.49. The van der Waals surface area contributed by atoms with Gasteiger partial charge in [0.2, 0.25) is 5.91 Å². The molecule has 1 heterocycles. The van der Waals surface area contributed by atoms with Crippen LogP contribution < -0.4 is 0 Å². The first-order chi connectivity index (χ1) is 10.5. The van der Waals surface area contributed by atoms with Crippen LogP contribution in [0.25, 0.3) is 0 Å². The van der Waals surface area contributed by atoms with Gasteiger partial charge in [-0.15, -0.1) is 0 Å². The average molecular weight is 305 g/mol. The summed E-state index contributed by atoms with van der Waals surface area (Å²) in [6.45, 7) is 0.958. The van der Waals surface area contributed by atoms with E-state index in [2.05, 4.69) is 0 Å². The first-order valence-corrected chi connectivity index (χ1v) is 7.81. The molecular formula is C17H20FNO3. The molecule has 1 aromatic carbocycles. The van der Waals surface area contributed by atoms with Crippen LogP contribution in [0.15, 0.2) is 24.3 Å². The van der Waals surface area contributed by atoms with Gasteiger partial charge in [-0.05, 0) is 43.4 Å². The Morgan fingerprint density at radius 2 is 1.91 bits per heavy atom. The lowest BCUT2D eigenvalue weighted by molar-refractivity contribution is -0.148. The normalized spacial score (nSPS) is 21.2. The van der Waals surface area contributed by atoms with E-state index in [4.69, 9.17) is 5.11 Å². The minimum Gasteiger partial charge on any atom is -0.481 e. The molecule has 1 saturated heterocycles. The summed E-state index contributed by atoms with van der Waals surface area (Å²) in [6.07, 6.45) is 3.46. The molecule has 0 spiro atoms. The molecule has 2 aliphatic rings. The zero-order chi connectivity index (χ0) is 15.7. The fraction of sp³-hybridized carbons (Fsp3) is 0.529. The fourth-order valence-electron chi connectivity index (χ4n) is 3.57. The van der Waals surface area contributed by atoms with E-state index >= 15 is 0 Å². The molecule has 1 aromatic rings. The number of nitrogens with zero attached hydrogens (tertiary/aromatic N) is 1. The summed E-state index contributed by atoms with van der Waals surface area (Å²) in [5.74, 6) is -1.42. The molecule has 2 fully saturated rings. The van der Waals surface area contributed by atoms with E-state index in [1.54, 1.807) is 11.0 Å². The Bertz CT molecular complexity index is 589. The van der Waals surface area contributed by atoms with Crippen molar-refractivity contribution in [3.05, 3.63) is 35.6 Å². The van der Waals surface area contributed by atoms with Crippen LogP contribution in [0.1, 0.15) is 37.7 Å². The standard InChI is InChI=1S/C17H20FNO3/c18-14-4-1-3-13(11-14)17(7-2-8-17)16(22)19-9-5-12(6-10-19)15(20)21/h1,3-4,11-12H,2,5-10H2,(H,20,21). The largest absolute Gasteiger partial charge is 0.481 e. The number of hydrogen-bond donors (Lipinski definition) is 1. The molecular weight excluding hydrogens is 285 g/mol. The van der Waals surface area contributed by atoms with Crippen molar-refractivity contribution in [1.29, 1.82) is 0 Å². The second-order valence-electron chi connectivity index (χ2n) is 6.35. The van der Waals surface area contributed by atoms with E-state index in [1.165, 1.54) is 12.1 Å². The quantitative estimate of drug-likeness (QED) is 0.933. The second kappa shape index (κ2) is 5.71. The Balaban J connectivity index is 1.77. The van der Waals surface area contributed by atoms with Gasteiger partial charge < -0.3 is 10.0 Å².